The summed E-state index contributed by atoms with van der Waals surface area (Å²) in [6.45, 7) is 4.02. The molecule has 0 aliphatic carbocycles. The van der Waals surface area contributed by atoms with Crippen molar-refractivity contribution >= 4 is 0 Å². The first-order chi connectivity index (χ1) is 7.63. The van der Waals surface area contributed by atoms with Gasteiger partial charge in [-0.05, 0) is 32.3 Å². The number of rotatable bonds is 2. The highest BCUT2D eigenvalue weighted by atomic mass is 15.0. The standard InChI is InChI=1S/C14H18N2/c1-14(2,10-15)13-9-8-12(16-13)11-6-4-3-5-7-11/h3-7,12-13,16H,8-9H2,1-2H3/t12-,13?/m0/s1. The zero-order chi connectivity index (χ0) is 11.6. The third-order valence-corrected chi connectivity index (χ3v) is 3.51. The van der Waals surface area contributed by atoms with Gasteiger partial charge in [0.05, 0.1) is 11.5 Å². The van der Waals surface area contributed by atoms with Crippen molar-refractivity contribution in [2.45, 2.75) is 38.8 Å². The first-order valence-corrected chi connectivity index (χ1v) is 5.86. The lowest BCUT2D eigenvalue weighted by Crippen LogP contribution is -2.37. The Morgan fingerprint density at radius 2 is 1.94 bits per heavy atom. The molecular formula is C14H18N2. The third-order valence-electron chi connectivity index (χ3n) is 3.51. The van der Waals surface area contributed by atoms with E-state index in [1.165, 1.54) is 5.56 Å². The lowest BCUT2D eigenvalue weighted by Gasteiger charge is -2.25. The second-order valence-electron chi connectivity index (χ2n) is 5.09. The molecule has 1 N–H and O–H groups in total. The van der Waals surface area contributed by atoms with E-state index >= 15 is 0 Å². The average Bonchev–Trinajstić information content (AvgIpc) is 2.80. The van der Waals surface area contributed by atoms with Crippen LogP contribution in [-0.4, -0.2) is 6.04 Å². The van der Waals surface area contributed by atoms with Crippen LogP contribution in [0.4, 0.5) is 0 Å². The summed E-state index contributed by atoms with van der Waals surface area (Å²) in [7, 11) is 0. The largest absolute Gasteiger partial charge is 0.306 e. The molecule has 1 aromatic rings. The monoisotopic (exact) mass is 214 g/mol. The van der Waals surface area contributed by atoms with Crippen molar-refractivity contribution in [1.82, 2.24) is 5.32 Å². The van der Waals surface area contributed by atoms with Crippen LogP contribution >= 0.6 is 0 Å². The van der Waals surface area contributed by atoms with E-state index in [4.69, 9.17) is 5.26 Å². The molecule has 1 aromatic carbocycles. The van der Waals surface area contributed by atoms with Gasteiger partial charge in [0.25, 0.3) is 0 Å². The Bertz CT molecular complexity index is 389. The van der Waals surface area contributed by atoms with Crippen molar-refractivity contribution < 1.29 is 0 Å². The summed E-state index contributed by atoms with van der Waals surface area (Å²) in [5, 5.41) is 12.7. The van der Waals surface area contributed by atoms with Gasteiger partial charge in [-0.25, -0.2) is 0 Å². The van der Waals surface area contributed by atoms with Gasteiger partial charge in [0.2, 0.25) is 0 Å². The van der Waals surface area contributed by atoms with Crippen molar-refractivity contribution in [3.63, 3.8) is 0 Å². The van der Waals surface area contributed by atoms with Gasteiger partial charge in [0.1, 0.15) is 0 Å². The lowest BCUT2D eigenvalue weighted by molar-refractivity contribution is 0.341. The highest BCUT2D eigenvalue weighted by Crippen LogP contribution is 2.34. The number of nitrogens with one attached hydrogen (secondary N) is 1. The van der Waals surface area contributed by atoms with Crippen molar-refractivity contribution in [2.24, 2.45) is 5.41 Å². The maximum Gasteiger partial charge on any atom is 0.0700 e. The Kier molecular flexibility index (Phi) is 2.98. The lowest BCUT2D eigenvalue weighted by atomic mass is 9.85. The van der Waals surface area contributed by atoms with Crippen molar-refractivity contribution in [2.75, 3.05) is 0 Å². The van der Waals surface area contributed by atoms with E-state index in [9.17, 15) is 0 Å². The number of hydrogen-bond acceptors (Lipinski definition) is 2. The van der Waals surface area contributed by atoms with E-state index < -0.39 is 0 Å². The zero-order valence-corrected chi connectivity index (χ0v) is 9.90. The molecule has 16 heavy (non-hydrogen) atoms. The van der Waals surface area contributed by atoms with Crippen LogP contribution in [-0.2, 0) is 0 Å². The molecule has 0 bridgehead atoms. The number of benzene rings is 1. The fourth-order valence-electron chi connectivity index (χ4n) is 2.34. The molecule has 1 saturated heterocycles. The predicted molar refractivity (Wildman–Crippen MR) is 64.7 cm³/mol. The van der Waals surface area contributed by atoms with Crippen LogP contribution in [0.2, 0.25) is 0 Å². The molecule has 0 spiro atoms. The van der Waals surface area contributed by atoms with E-state index in [1.807, 2.05) is 19.9 Å². The Morgan fingerprint density at radius 1 is 1.25 bits per heavy atom. The van der Waals surface area contributed by atoms with Gasteiger partial charge in [-0.1, -0.05) is 30.3 Å². The van der Waals surface area contributed by atoms with Crippen LogP contribution in [0.1, 0.15) is 38.3 Å². The molecule has 2 nitrogen and oxygen atoms in total. The minimum Gasteiger partial charge on any atom is -0.306 e. The van der Waals surface area contributed by atoms with Crippen LogP contribution in [0.15, 0.2) is 30.3 Å². The minimum absolute atomic E-state index is 0.274. The van der Waals surface area contributed by atoms with Crippen LogP contribution in [0, 0.1) is 16.7 Å². The molecule has 0 amide bonds. The summed E-state index contributed by atoms with van der Waals surface area (Å²) in [6.07, 6.45) is 2.21. The molecule has 2 heteroatoms. The van der Waals surface area contributed by atoms with Crippen molar-refractivity contribution in [3.8, 4) is 6.07 Å². The maximum absolute atomic E-state index is 9.12. The van der Waals surface area contributed by atoms with E-state index in [-0.39, 0.29) is 5.41 Å². The average molecular weight is 214 g/mol. The molecular weight excluding hydrogens is 196 g/mol. The van der Waals surface area contributed by atoms with E-state index in [0.29, 0.717) is 12.1 Å². The molecule has 1 aliphatic heterocycles. The first kappa shape index (κ1) is 11.2. The van der Waals surface area contributed by atoms with Crippen LogP contribution in [0.25, 0.3) is 0 Å². The highest BCUT2D eigenvalue weighted by Gasteiger charge is 2.35. The molecule has 0 saturated carbocycles. The Hall–Kier alpha value is -1.33. The molecule has 1 unspecified atom stereocenters. The van der Waals surface area contributed by atoms with Gasteiger partial charge >= 0.3 is 0 Å². The zero-order valence-electron chi connectivity index (χ0n) is 9.90. The summed E-state index contributed by atoms with van der Waals surface area (Å²) in [6, 6.07) is 13.6. The maximum atomic E-state index is 9.12. The Labute approximate surface area is 97.3 Å². The molecule has 1 heterocycles. The summed E-state index contributed by atoms with van der Waals surface area (Å²) >= 11 is 0. The fourth-order valence-corrected chi connectivity index (χ4v) is 2.34. The van der Waals surface area contributed by atoms with Crippen LogP contribution < -0.4 is 5.32 Å². The second-order valence-corrected chi connectivity index (χ2v) is 5.09. The molecule has 2 rings (SSSR count). The van der Waals surface area contributed by atoms with E-state index in [1.54, 1.807) is 0 Å². The van der Waals surface area contributed by atoms with Crippen LogP contribution in [0.5, 0.6) is 0 Å². The molecule has 84 valence electrons. The molecule has 1 aliphatic rings. The first-order valence-electron chi connectivity index (χ1n) is 5.86. The predicted octanol–water partition coefficient (Wildman–Crippen LogP) is 3.03. The SMILES string of the molecule is CC(C)(C#N)C1CC[C@@H](c2ccccc2)N1. The summed E-state index contributed by atoms with van der Waals surface area (Å²) in [5.74, 6) is 0. The van der Waals surface area contributed by atoms with Gasteiger partial charge < -0.3 is 5.32 Å². The van der Waals surface area contributed by atoms with Gasteiger partial charge in [-0.3, -0.25) is 0 Å². The quantitative estimate of drug-likeness (QED) is 0.821. The van der Waals surface area contributed by atoms with Crippen molar-refractivity contribution in [1.29, 1.82) is 5.26 Å². The number of nitriles is 1. The number of hydrogen-bond donors (Lipinski definition) is 1. The highest BCUT2D eigenvalue weighted by molar-refractivity contribution is 5.21. The smallest absolute Gasteiger partial charge is 0.0700 e. The Morgan fingerprint density at radius 3 is 2.56 bits per heavy atom. The van der Waals surface area contributed by atoms with Crippen LogP contribution in [0.3, 0.4) is 0 Å². The summed E-state index contributed by atoms with van der Waals surface area (Å²) < 4.78 is 0. The molecule has 1 fully saturated rings. The fraction of sp³-hybridized carbons (Fsp3) is 0.500. The molecule has 0 radical (unpaired) electrons. The van der Waals surface area contributed by atoms with Gasteiger partial charge in [0, 0.05) is 12.1 Å². The molecule has 2 atom stereocenters. The van der Waals surface area contributed by atoms with Crippen molar-refractivity contribution in [3.05, 3.63) is 35.9 Å². The summed E-state index contributed by atoms with van der Waals surface area (Å²) in [5.41, 5.74) is 1.06. The van der Waals surface area contributed by atoms with E-state index in [0.717, 1.165) is 12.8 Å². The van der Waals surface area contributed by atoms with Gasteiger partial charge in [-0.15, -0.1) is 0 Å². The van der Waals surface area contributed by atoms with Gasteiger partial charge in [-0.2, -0.15) is 5.26 Å². The topological polar surface area (TPSA) is 35.8 Å². The minimum atomic E-state index is -0.274. The van der Waals surface area contributed by atoms with E-state index in [2.05, 4.69) is 35.7 Å². The normalized spacial score (nSPS) is 25.3. The van der Waals surface area contributed by atoms with Gasteiger partial charge in [0.15, 0.2) is 0 Å². The second kappa shape index (κ2) is 4.27. The summed E-state index contributed by atoms with van der Waals surface area (Å²) in [4.78, 5) is 0. The Balaban J connectivity index is 2.08. The molecule has 0 aromatic heterocycles. The third kappa shape index (κ3) is 2.10. The number of nitrogens with zero attached hydrogens (tertiary/aromatic N) is 1.